The number of nitrogens with zero attached hydrogens (tertiary/aromatic N) is 3. The molecular formula is C25H22F2N4O5S. The molecule has 2 heterocycles. The second-order valence-corrected chi connectivity index (χ2v) is 9.36. The first kappa shape index (κ1) is 25.8. The Hall–Kier alpha value is -4.32. The Labute approximate surface area is 212 Å². The van der Waals surface area contributed by atoms with Crippen molar-refractivity contribution < 1.29 is 31.4 Å². The van der Waals surface area contributed by atoms with Crippen LogP contribution < -0.4 is 18.9 Å². The number of rotatable bonds is 8. The number of anilines is 1. The van der Waals surface area contributed by atoms with Crippen molar-refractivity contribution in [3.05, 3.63) is 72.3 Å². The van der Waals surface area contributed by atoms with Crippen LogP contribution in [0.15, 0.2) is 59.9 Å². The van der Waals surface area contributed by atoms with Crippen LogP contribution in [-0.2, 0) is 10.0 Å². The highest BCUT2D eigenvalue weighted by molar-refractivity contribution is 7.92. The number of aromatic nitrogens is 3. The van der Waals surface area contributed by atoms with Crippen LogP contribution in [0.3, 0.4) is 0 Å². The number of ether oxygens (including phenoxy) is 3. The molecule has 37 heavy (non-hydrogen) atoms. The topological polar surface area (TPSA) is 113 Å². The van der Waals surface area contributed by atoms with Crippen molar-refractivity contribution in [1.29, 1.82) is 0 Å². The molecule has 0 aliphatic rings. The fraction of sp³-hybridized carbons (Fsp3) is 0.160. The minimum atomic E-state index is -4.45. The van der Waals surface area contributed by atoms with E-state index >= 15 is 0 Å². The Bertz CT molecular complexity index is 1580. The summed E-state index contributed by atoms with van der Waals surface area (Å²) in [7, 11) is -0.0987. The second kappa shape index (κ2) is 10.3. The third-order valence-electron chi connectivity index (χ3n) is 5.45. The van der Waals surface area contributed by atoms with Crippen LogP contribution in [0.5, 0.6) is 17.4 Å². The first-order valence-corrected chi connectivity index (χ1v) is 12.2. The fourth-order valence-corrected chi connectivity index (χ4v) is 4.85. The van der Waals surface area contributed by atoms with Gasteiger partial charge < -0.3 is 14.2 Å². The normalized spacial score (nSPS) is 11.2. The van der Waals surface area contributed by atoms with Gasteiger partial charge in [0.15, 0.2) is 11.5 Å². The minimum Gasteiger partial charge on any atom is -0.493 e. The molecule has 0 amide bonds. The first-order valence-electron chi connectivity index (χ1n) is 10.7. The Morgan fingerprint density at radius 2 is 1.59 bits per heavy atom. The smallest absolute Gasteiger partial charge is 0.264 e. The summed E-state index contributed by atoms with van der Waals surface area (Å²) in [5, 5.41) is 0. The van der Waals surface area contributed by atoms with Crippen LogP contribution in [0.25, 0.3) is 22.4 Å². The molecule has 9 nitrogen and oxygen atoms in total. The van der Waals surface area contributed by atoms with Gasteiger partial charge in [-0.25, -0.2) is 32.2 Å². The zero-order valence-electron chi connectivity index (χ0n) is 20.2. The summed E-state index contributed by atoms with van der Waals surface area (Å²) in [6.45, 7) is 1.77. The van der Waals surface area contributed by atoms with E-state index in [0.717, 1.165) is 12.1 Å². The quantitative estimate of drug-likeness (QED) is 0.353. The van der Waals surface area contributed by atoms with Gasteiger partial charge in [0.25, 0.3) is 10.0 Å². The zero-order valence-corrected chi connectivity index (χ0v) is 21.1. The molecule has 12 heteroatoms. The van der Waals surface area contributed by atoms with E-state index in [0.29, 0.717) is 45.6 Å². The van der Waals surface area contributed by atoms with Gasteiger partial charge >= 0.3 is 0 Å². The lowest BCUT2D eigenvalue weighted by molar-refractivity contribution is 0.355. The summed E-state index contributed by atoms with van der Waals surface area (Å²) in [6, 6.07) is 8.93. The lowest BCUT2D eigenvalue weighted by Crippen LogP contribution is -2.16. The van der Waals surface area contributed by atoms with Gasteiger partial charge in [0, 0.05) is 34.6 Å². The van der Waals surface area contributed by atoms with E-state index in [4.69, 9.17) is 14.2 Å². The van der Waals surface area contributed by atoms with Crippen molar-refractivity contribution in [2.45, 2.75) is 11.8 Å². The molecule has 192 valence electrons. The predicted octanol–water partition coefficient (Wildman–Crippen LogP) is 4.62. The SMILES string of the molecule is COc1ccc(-c2ncnc(C)c2-c2cnc(OC)c(NS(=O)(=O)c3ccc(F)cc3F)c2)cc1OC. The average molecular weight is 529 g/mol. The summed E-state index contributed by atoms with van der Waals surface area (Å²) in [5.74, 6) is -1.17. The number of benzene rings is 2. The van der Waals surface area contributed by atoms with E-state index in [9.17, 15) is 17.2 Å². The van der Waals surface area contributed by atoms with Crippen molar-refractivity contribution in [3.8, 4) is 39.8 Å². The van der Waals surface area contributed by atoms with Crippen molar-refractivity contribution in [3.63, 3.8) is 0 Å². The minimum absolute atomic E-state index is 0.0583. The monoisotopic (exact) mass is 528 g/mol. The lowest BCUT2D eigenvalue weighted by Gasteiger charge is -2.16. The van der Waals surface area contributed by atoms with Crippen molar-refractivity contribution >= 4 is 15.7 Å². The number of sulfonamides is 1. The van der Waals surface area contributed by atoms with Crippen molar-refractivity contribution in [2.75, 3.05) is 26.1 Å². The molecule has 0 aliphatic carbocycles. The molecule has 4 aromatic rings. The van der Waals surface area contributed by atoms with E-state index in [2.05, 4.69) is 19.7 Å². The molecule has 4 rings (SSSR count). The van der Waals surface area contributed by atoms with E-state index < -0.39 is 26.6 Å². The van der Waals surface area contributed by atoms with E-state index in [1.165, 1.54) is 39.9 Å². The van der Waals surface area contributed by atoms with Crippen LogP contribution in [-0.4, -0.2) is 44.7 Å². The molecule has 0 unspecified atom stereocenters. The summed E-state index contributed by atoms with van der Waals surface area (Å²) >= 11 is 0. The van der Waals surface area contributed by atoms with Crippen LogP contribution in [0.1, 0.15) is 5.69 Å². The molecule has 0 bridgehead atoms. The Balaban J connectivity index is 1.83. The molecule has 0 saturated carbocycles. The molecule has 1 N–H and O–H groups in total. The van der Waals surface area contributed by atoms with E-state index in [1.807, 2.05) is 0 Å². The molecule has 0 atom stereocenters. The number of hydrogen-bond acceptors (Lipinski definition) is 8. The zero-order chi connectivity index (χ0) is 26.7. The van der Waals surface area contributed by atoms with Crippen LogP contribution in [0.2, 0.25) is 0 Å². The van der Waals surface area contributed by atoms with Gasteiger partial charge in [-0.2, -0.15) is 0 Å². The van der Waals surface area contributed by atoms with E-state index in [1.54, 1.807) is 25.1 Å². The highest BCUT2D eigenvalue weighted by Gasteiger charge is 2.23. The second-order valence-electron chi connectivity index (χ2n) is 7.71. The maximum Gasteiger partial charge on any atom is 0.264 e. The van der Waals surface area contributed by atoms with Gasteiger partial charge in [-0.15, -0.1) is 0 Å². The largest absolute Gasteiger partial charge is 0.493 e. The Kier molecular flexibility index (Phi) is 7.21. The standard InChI is InChI=1S/C25H22F2N4O5S/c1-14-23(24(30-13-29-14)15-5-7-20(34-2)21(10-15)35-3)16-9-19(25(36-4)28-12-16)31-37(32,33)22-8-6-17(26)11-18(22)27/h5-13,31H,1-4H3. The van der Waals surface area contributed by atoms with Gasteiger partial charge in [-0.05, 0) is 43.3 Å². The lowest BCUT2D eigenvalue weighted by atomic mass is 9.98. The van der Waals surface area contributed by atoms with Crippen LogP contribution in [0, 0.1) is 18.6 Å². The first-order chi connectivity index (χ1) is 17.7. The molecule has 0 fully saturated rings. The van der Waals surface area contributed by atoms with Crippen LogP contribution in [0.4, 0.5) is 14.5 Å². The van der Waals surface area contributed by atoms with Gasteiger partial charge in [0.2, 0.25) is 5.88 Å². The molecule has 2 aromatic carbocycles. The number of methoxy groups -OCH3 is 3. The highest BCUT2D eigenvalue weighted by Crippen LogP contribution is 2.38. The number of aryl methyl sites for hydroxylation is 1. The molecular weight excluding hydrogens is 506 g/mol. The fourth-order valence-electron chi connectivity index (χ4n) is 3.74. The molecule has 0 spiro atoms. The summed E-state index contributed by atoms with van der Waals surface area (Å²) in [5.41, 5.74) is 2.76. The van der Waals surface area contributed by atoms with Gasteiger partial charge in [0.05, 0.1) is 27.0 Å². The number of nitrogens with one attached hydrogen (secondary N) is 1. The van der Waals surface area contributed by atoms with Crippen molar-refractivity contribution in [1.82, 2.24) is 15.0 Å². The average Bonchev–Trinajstić information content (AvgIpc) is 2.87. The summed E-state index contributed by atoms with van der Waals surface area (Å²) < 4.78 is 71.6. The Morgan fingerprint density at radius 1 is 0.838 bits per heavy atom. The molecule has 0 radical (unpaired) electrons. The predicted molar refractivity (Wildman–Crippen MR) is 132 cm³/mol. The number of pyridine rings is 1. The van der Waals surface area contributed by atoms with Gasteiger partial charge in [-0.1, -0.05) is 0 Å². The van der Waals surface area contributed by atoms with Crippen molar-refractivity contribution in [2.24, 2.45) is 0 Å². The number of hydrogen-bond donors (Lipinski definition) is 1. The maximum absolute atomic E-state index is 14.2. The van der Waals surface area contributed by atoms with Gasteiger partial charge in [-0.3, -0.25) is 4.72 Å². The van der Waals surface area contributed by atoms with E-state index in [-0.39, 0.29) is 11.6 Å². The third-order valence-corrected chi connectivity index (χ3v) is 6.85. The molecule has 2 aromatic heterocycles. The third kappa shape index (κ3) is 5.14. The Morgan fingerprint density at radius 3 is 2.27 bits per heavy atom. The van der Waals surface area contributed by atoms with Gasteiger partial charge in [0.1, 0.15) is 28.5 Å². The maximum atomic E-state index is 14.2. The number of halogens is 2. The van der Waals surface area contributed by atoms with Crippen LogP contribution >= 0.6 is 0 Å². The molecule has 0 aliphatic heterocycles. The highest BCUT2D eigenvalue weighted by atomic mass is 32.2. The summed E-state index contributed by atoms with van der Waals surface area (Å²) in [6.07, 6.45) is 2.88. The summed E-state index contributed by atoms with van der Waals surface area (Å²) in [4.78, 5) is 12.2. The molecule has 0 saturated heterocycles.